The lowest BCUT2D eigenvalue weighted by molar-refractivity contribution is 0.475. The molecule has 158 valence electrons. The molecule has 4 rings (SSSR count). The Balaban J connectivity index is 1.46. The molecule has 0 saturated carbocycles. The first-order chi connectivity index (χ1) is 15.1. The standard InChI is InChI=1S/C25H24ClN3OS/c1-17(18-10-11-25(30)24(26)13-18)29-28-15-20-9-8-19(22-6-2-3-7-23(20)22)14-27-16-21-5-4-12-31-21/h2-13,15,17,27,29-30H,14,16H2,1H3/b28-15+. The second kappa shape index (κ2) is 9.96. The van der Waals surface area contributed by atoms with E-state index in [-0.39, 0.29) is 11.8 Å². The number of nitrogens with zero attached hydrogens (tertiary/aromatic N) is 1. The predicted molar refractivity (Wildman–Crippen MR) is 131 cm³/mol. The van der Waals surface area contributed by atoms with Crippen molar-refractivity contribution in [3.8, 4) is 5.75 Å². The van der Waals surface area contributed by atoms with Gasteiger partial charge in [0.25, 0.3) is 0 Å². The van der Waals surface area contributed by atoms with Crippen LogP contribution in [0.5, 0.6) is 5.75 Å². The minimum absolute atomic E-state index is 0.0404. The third kappa shape index (κ3) is 5.25. The van der Waals surface area contributed by atoms with Gasteiger partial charge in [-0.15, -0.1) is 11.3 Å². The topological polar surface area (TPSA) is 56.7 Å². The number of fused-ring (bicyclic) bond motifs is 1. The van der Waals surface area contributed by atoms with E-state index < -0.39 is 0 Å². The number of phenolic OH excluding ortho intramolecular Hbond substituents is 1. The fourth-order valence-electron chi connectivity index (χ4n) is 3.47. The molecule has 3 aromatic carbocycles. The van der Waals surface area contributed by atoms with E-state index in [1.807, 2.05) is 19.2 Å². The molecule has 3 N–H and O–H groups in total. The van der Waals surface area contributed by atoms with Crippen molar-refractivity contribution in [2.45, 2.75) is 26.1 Å². The van der Waals surface area contributed by atoms with Crippen LogP contribution in [0.4, 0.5) is 0 Å². The van der Waals surface area contributed by atoms with Gasteiger partial charge in [0.15, 0.2) is 0 Å². The van der Waals surface area contributed by atoms with Gasteiger partial charge in [-0.1, -0.05) is 60.1 Å². The van der Waals surface area contributed by atoms with E-state index in [1.54, 1.807) is 23.5 Å². The minimum atomic E-state index is -0.0404. The van der Waals surface area contributed by atoms with Crippen LogP contribution in [0.25, 0.3) is 10.8 Å². The molecule has 0 aliphatic carbocycles. The number of aromatic hydroxyl groups is 1. The highest BCUT2D eigenvalue weighted by Crippen LogP contribution is 2.26. The molecule has 4 aromatic rings. The summed E-state index contributed by atoms with van der Waals surface area (Å²) in [6.07, 6.45) is 1.85. The van der Waals surface area contributed by atoms with Gasteiger partial charge in [-0.3, -0.25) is 0 Å². The van der Waals surface area contributed by atoms with Crippen molar-refractivity contribution < 1.29 is 5.11 Å². The van der Waals surface area contributed by atoms with Gasteiger partial charge in [0, 0.05) is 23.5 Å². The van der Waals surface area contributed by atoms with Gasteiger partial charge in [-0.05, 0) is 52.4 Å². The average Bonchev–Trinajstić information content (AvgIpc) is 3.30. The Hall–Kier alpha value is -2.86. The summed E-state index contributed by atoms with van der Waals surface area (Å²) in [4.78, 5) is 1.34. The van der Waals surface area contributed by atoms with Crippen LogP contribution in [-0.4, -0.2) is 11.3 Å². The second-order valence-electron chi connectivity index (χ2n) is 7.36. The summed E-state index contributed by atoms with van der Waals surface area (Å²) in [5.74, 6) is 0.0811. The molecule has 6 heteroatoms. The molecule has 0 radical (unpaired) electrons. The van der Waals surface area contributed by atoms with E-state index in [9.17, 15) is 5.11 Å². The average molecular weight is 450 g/mol. The smallest absolute Gasteiger partial charge is 0.134 e. The normalized spacial score (nSPS) is 12.5. The number of halogens is 1. The number of hydrogen-bond donors (Lipinski definition) is 3. The van der Waals surface area contributed by atoms with Crippen LogP contribution < -0.4 is 10.7 Å². The lowest BCUT2D eigenvalue weighted by Gasteiger charge is -2.13. The van der Waals surface area contributed by atoms with Crippen molar-refractivity contribution >= 4 is 39.9 Å². The minimum Gasteiger partial charge on any atom is -0.506 e. The van der Waals surface area contributed by atoms with E-state index in [2.05, 4.69) is 69.8 Å². The molecule has 0 bridgehead atoms. The number of thiophene rings is 1. The lowest BCUT2D eigenvalue weighted by atomic mass is 10.00. The van der Waals surface area contributed by atoms with E-state index in [0.717, 1.165) is 24.2 Å². The number of benzene rings is 3. The predicted octanol–water partition coefficient (Wildman–Crippen LogP) is 6.23. The molecule has 0 amide bonds. The third-order valence-electron chi connectivity index (χ3n) is 5.19. The molecule has 0 fully saturated rings. The first-order valence-corrected chi connectivity index (χ1v) is 11.4. The van der Waals surface area contributed by atoms with Gasteiger partial charge in [0.2, 0.25) is 0 Å². The summed E-state index contributed by atoms with van der Waals surface area (Å²) < 4.78 is 0. The summed E-state index contributed by atoms with van der Waals surface area (Å²) in [5, 5.41) is 22.4. The quantitative estimate of drug-likeness (QED) is 0.220. The van der Waals surface area contributed by atoms with Gasteiger partial charge in [-0.2, -0.15) is 5.10 Å². The molecule has 0 spiro atoms. The maximum atomic E-state index is 9.59. The molecule has 1 atom stereocenters. The van der Waals surface area contributed by atoms with Gasteiger partial charge in [-0.25, -0.2) is 0 Å². The van der Waals surface area contributed by atoms with E-state index in [0.29, 0.717) is 5.02 Å². The largest absolute Gasteiger partial charge is 0.506 e. The highest BCUT2D eigenvalue weighted by Gasteiger charge is 2.08. The molecule has 31 heavy (non-hydrogen) atoms. The summed E-state index contributed by atoms with van der Waals surface area (Å²) >= 11 is 7.78. The molecule has 0 aliphatic heterocycles. The van der Waals surface area contributed by atoms with Crippen LogP contribution in [0, 0.1) is 0 Å². The Morgan fingerprint density at radius 3 is 2.65 bits per heavy atom. The zero-order valence-electron chi connectivity index (χ0n) is 17.2. The summed E-state index contributed by atoms with van der Waals surface area (Å²) in [7, 11) is 0. The van der Waals surface area contributed by atoms with Crippen molar-refractivity contribution in [2.75, 3.05) is 0 Å². The maximum absolute atomic E-state index is 9.59. The Kier molecular flexibility index (Phi) is 6.87. The zero-order valence-corrected chi connectivity index (χ0v) is 18.8. The molecular formula is C25H24ClN3OS. The van der Waals surface area contributed by atoms with Crippen LogP contribution in [0.2, 0.25) is 5.02 Å². The third-order valence-corrected chi connectivity index (χ3v) is 6.37. The van der Waals surface area contributed by atoms with Crippen LogP contribution in [0.3, 0.4) is 0 Å². The number of nitrogens with one attached hydrogen (secondary N) is 2. The number of rotatable bonds is 8. The van der Waals surface area contributed by atoms with Crippen molar-refractivity contribution in [2.24, 2.45) is 5.10 Å². The Morgan fingerprint density at radius 2 is 1.87 bits per heavy atom. The van der Waals surface area contributed by atoms with Gasteiger partial charge < -0.3 is 15.8 Å². The molecule has 0 saturated heterocycles. The number of hydrazone groups is 1. The van der Waals surface area contributed by atoms with Gasteiger partial charge in [0.1, 0.15) is 5.75 Å². The maximum Gasteiger partial charge on any atom is 0.134 e. The first kappa shape index (κ1) is 21.4. The van der Waals surface area contributed by atoms with Crippen molar-refractivity contribution in [3.63, 3.8) is 0 Å². The van der Waals surface area contributed by atoms with Crippen molar-refractivity contribution in [1.82, 2.24) is 10.7 Å². The Morgan fingerprint density at radius 1 is 1.03 bits per heavy atom. The lowest BCUT2D eigenvalue weighted by Crippen LogP contribution is -2.13. The molecule has 4 nitrogen and oxygen atoms in total. The van der Waals surface area contributed by atoms with Crippen LogP contribution in [0.15, 0.2) is 77.2 Å². The molecule has 1 aromatic heterocycles. The SMILES string of the molecule is CC(N/N=C/c1ccc(CNCc2cccs2)c2ccccc12)c1ccc(O)c(Cl)c1. The van der Waals surface area contributed by atoms with Crippen molar-refractivity contribution in [3.05, 3.63) is 98.7 Å². The Bertz CT molecular complexity index is 1190. The van der Waals surface area contributed by atoms with Crippen LogP contribution in [0.1, 0.15) is 34.5 Å². The highest BCUT2D eigenvalue weighted by molar-refractivity contribution is 7.09. The summed E-state index contributed by atoms with van der Waals surface area (Å²) in [5.41, 5.74) is 6.42. The number of phenols is 1. The first-order valence-electron chi connectivity index (χ1n) is 10.1. The van der Waals surface area contributed by atoms with E-state index in [4.69, 9.17) is 11.6 Å². The zero-order chi connectivity index (χ0) is 21.6. The fourth-order valence-corrected chi connectivity index (χ4v) is 4.33. The highest BCUT2D eigenvalue weighted by atomic mass is 35.5. The summed E-state index contributed by atoms with van der Waals surface area (Å²) in [6.45, 7) is 3.69. The second-order valence-corrected chi connectivity index (χ2v) is 8.80. The summed E-state index contributed by atoms with van der Waals surface area (Å²) in [6, 6.07) is 22.0. The van der Waals surface area contributed by atoms with Gasteiger partial charge in [0.05, 0.1) is 17.3 Å². The van der Waals surface area contributed by atoms with E-state index >= 15 is 0 Å². The monoisotopic (exact) mass is 449 g/mol. The molecule has 1 unspecified atom stereocenters. The van der Waals surface area contributed by atoms with Crippen molar-refractivity contribution in [1.29, 1.82) is 0 Å². The Labute approximate surface area is 191 Å². The fraction of sp³-hybridized carbons (Fsp3) is 0.160. The molecular weight excluding hydrogens is 426 g/mol. The van der Waals surface area contributed by atoms with E-state index in [1.165, 1.54) is 21.2 Å². The molecule has 0 aliphatic rings. The van der Waals surface area contributed by atoms with Gasteiger partial charge >= 0.3 is 0 Å². The van der Waals surface area contributed by atoms with Crippen LogP contribution in [-0.2, 0) is 13.1 Å². The molecule has 1 heterocycles. The number of hydrogen-bond acceptors (Lipinski definition) is 5. The van der Waals surface area contributed by atoms with Crippen LogP contribution >= 0.6 is 22.9 Å².